The zero-order valence-corrected chi connectivity index (χ0v) is 12.4. The lowest BCUT2D eigenvalue weighted by molar-refractivity contribution is -0.121. The number of hydrogen-bond donors (Lipinski definition) is 2. The minimum atomic E-state index is 0.111. The normalized spacial score (nSPS) is 13.8. The van der Waals surface area contributed by atoms with Crippen LogP contribution in [0.5, 0.6) is 0 Å². The predicted octanol–water partition coefficient (Wildman–Crippen LogP) is 2.56. The maximum absolute atomic E-state index is 11.6. The van der Waals surface area contributed by atoms with Crippen molar-refractivity contribution in [3.8, 4) is 0 Å². The molecule has 0 aromatic rings. The van der Waals surface area contributed by atoms with Crippen molar-refractivity contribution < 1.29 is 4.79 Å². The molecular formula is C14H30N2O. The van der Waals surface area contributed by atoms with Gasteiger partial charge in [0.1, 0.15) is 0 Å². The molecule has 1 atom stereocenters. The fourth-order valence-corrected chi connectivity index (χ4v) is 1.48. The minimum absolute atomic E-state index is 0.111. The molecule has 2 N–H and O–H groups in total. The van der Waals surface area contributed by atoms with Gasteiger partial charge in [-0.3, -0.25) is 4.79 Å². The van der Waals surface area contributed by atoms with Gasteiger partial charge in [-0.15, -0.1) is 0 Å². The van der Waals surface area contributed by atoms with Crippen LogP contribution in [0.2, 0.25) is 0 Å². The summed E-state index contributed by atoms with van der Waals surface area (Å²) < 4.78 is 0. The smallest absolute Gasteiger partial charge is 0.234 e. The Morgan fingerprint density at radius 1 is 1.18 bits per heavy atom. The van der Waals surface area contributed by atoms with Crippen molar-refractivity contribution in [1.82, 2.24) is 10.6 Å². The number of carbonyl (C=O) groups excluding carboxylic acids is 1. The number of rotatable bonds is 7. The van der Waals surface area contributed by atoms with Gasteiger partial charge in [0.15, 0.2) is 0 Å². The number of carbonyl (C=O) groups is 1. The molecule has 0 fully saturated rings. The zero-order chi connectivity index (χ0) is 13.5. The fourth-order valence-electron chi connectivity index (χ4n) is 1.48. The molecule has 0 bridgehead atoms. The first-order valence-electron chi connectivity index (χ1n) is 6.81. The van der Waals surface area contributed by atoms with Crippen LogP contribution in [0.15, 0.2) is 0 Å². The summed E-state index contributed by atoms with van der Waals surface area (Å²) in [6, 6.07) is 0.323. The van der Waals surface area contributed by atoms with Gasteiger partial charge in [-0.1, -0.05) is 41.5 Å². The van der Waals surface area contributed by atoms with Crippen LogP contribution in [0.25, 0.3) is 0 Å². The lowest BCUT2D eigenvalue weighted by atomic mass is 9.82. The van der Waals surface area contributed by atoms with Crippen LogP contribution < -0.4 is 10.6 Å². The molecule has 0 aliphatic rings. The van der Waals surface area contributed by atoms with Gasteiger partial charge in [0.05, 0.1) is 6.54 Å². The van der Waals surface area contributed by atoms with Crippen molar-refractivity contribution in [2.24, 2.45) is 11.3 Å². The molecule has 1 amide bonds. The van der Waals surface area contributed by atoms with E-state index < -0.39 is 0 Å². The number of nitrogens with one attached hydrogen (secondary N) is 2. The Balaban J connectivity index is 3.79. The predicted molar refractivity (Wildman–Crippen MR) is 74.0 cm³/mol. The lowest BCUT2D eigenvalue weighted by Gasteiger charge is -2.27. The molecule has 0 aromatic heterocycles. The first-order chi connectivity index (χ1) is 7.81. The molecule has 0 saturated heterocycles. The highest BCUT2D eigenvalue weighted by atomic mass is 16.1. The Hall–Kier alpha value is -0.570. The van der Waals surface area contributed by atoms with Gasteiger partial charge in [0, 0.05) is 6.04 Å². The number of amides is 1. The summed E-state index contributed by atoms with van der Waals surface area (Å²) in [6.07, 6.45) is 2.00. The third-order valence-electron chi connectivity index (χ3n) is 3.57. The second-order valence-corrected chi connectivity index (χ2v) is 5.98. The highest BCUT2D eigenvalue weighted by Gasteiger charge is 2.19. The molecule has 0 aliphatic carbocycles. The van der Waals surface area contributed by atoms with Crippen molar-refractivity contribution >= 4 is 5.91 Å². The average Bonchev–Trinajstić information content (AvgIpc) is 2.24. The summed E-state index contributed by atoms with van der Waals surface area (Å²) in [5.41, 5.74) is 0.291. The second-order valence-electron chi connectivity index (χ2n) is 5.98. The third kappa shape index (κ3) is 7.37. The Morgan fingerprint density at radius 3 is 2.12 bits per heavy atom. The maximum Gasteiger partial charge on any atom is 0.234 e. The van der Waals surface area contributed by atoms with Crippen LogP contribution in [-0.4, -0.2) is 25.0 Å². The first-order valence-corrected chi connectivity index (χ1v) is 6.81. The molecule has 0 aliphatic heterocycles. The van der Waals surface area contributed by atoms with Gasteiger partial charge in [0.25, 0.3) is 0 Å². The van der Waals surface area contributed by atoms with E-state index in [1.165, 1.54) is 0 Å². The summed E-state index contributed by atoms with van der Waals surface area (Å²) in [7, 11) is 0. The van der Waals surface area contributed by atoms with Crippen LogP contribution in [0, 0.1) is 11.3 Å². The van der Waals surface area contributed by atoms with Gasteiger partial charge >= 0.3 is 0 Å². The standard InChI is InChI=1S/C14H30N2O/c1-7-12(8-2)16-13(17)10-15-9-11(3)14(4,5)6/h11-12,15H,7-10H2,1-6H3,(H,16,17). The molecule has 102 valence electrons. The molecule has 0 aromatic carbocycles. The van der Waals surface area contributed by atoms with Crippen molar-refractivity contribution in [3.05, 3.63) is 0 Å². The Morgan fingerprint density at radius 2 is 1.71 bits per heavy atom. The summed E-state index contributed by atoms with van der Waals surface area (Å²) >= 11 is 0. The van der Waals surface area contributed by atoms with E-state index in [4.69, 9.17) is 0 Å². The van der Waals surface area contributed by atoms with E-state index >= 15 is 0 Å². The largest absolute Gasteiger partial charge is 0.352 e. The van der Waals surface area contributed by atoms with Crippen molar-refractivity contribution in [2.75, 3.05) is 13.1 Å². The van der Waals surface area contributed by atoms with Crippen molar-refractivity contribution in [2.45, 2.75) is 60.4 Å². The minimum Gasteiger partial charge on any atom is -0.352 e. The monoisotopic (exact) mass is 242 g/mol. The molecule has 17 heavy (non-hydrogen) atoms. The third-order valence-corrected chi connectivity index (χ3v) is 3.57. The summed E-state index contributed by atoms with van der Waals surface area (Å²) in [5, 5.41) is 6.26. The Labute approximate surface area is 107 Å². The van der Waals surface area contributed by atoms with Crippen LogP contribution in [0.4, 0.5) is 0 Å². The van der Waals surface area contributed by atoms with Crippen LogP contribution in [-0.2, 0) is 4.79 Å². The quantitative estimate of drug-likeness (QED) is 0.720. The molecule has 3 heteroatoms. The van der Waals surface area contributed by atoms with E-state index in [0.29, 0.717) is 23.9 Å². The SMILES string of the molecule is CCC(CC)NC(=O)CNCC(C)C(C)(C)C. The second kappa shape index (κ2) is 7.70. The van der Waals surface area contributed by atoms with Crippen molar-refractivity contribution in [3.63, 3.8) is 0 Å². The molecule has 3 nitrogen and oxygen atoms in total. The van der Waals surface area contributed by atoms with Gasteiger partial charge in [-0.05, 0) is 30.7 Å². The zero-order valence-electron chi connectivity index (χ0n) is 12.4. The molecule has 1 unspecified atom stereocenters. The van der Waals surface area contributed by atoms with E-state index in [-0.39, 0.29) is 5.91 Å². The van der Waals surface area contributed by atoms with E-state index in [9.17, 15) is 4.79 Å². The van der Waals surface area contributed by atoms with E-state index in [1.807, 2.05) is 0 Å². The van der Waals surface area contributed by atoms with E-state index in [1.54, 1.807) is 0 Å². The summed E-state index contributed by atoms with van der Waals surface area (Å²) in [6.45, 7) is 14.4. The number of hydrogen-bond acceptors (Lipinski definition) is 2. The average molecular weight is 242 g/mol. The highest BCUT2D eigenvalue weighted by Crippen LogP contribution is 2.24. The van der Waals surface area contributed by atoms with E-state index in [2.05, 4.69) is 52.2 Å². The summed E-state index contributed by atoms with van der Waals surface area (Å²) in [5.74, 6) is 0.670. The highest BCUT2D eigenvalue weighted by molar-refractivity contribution is 5.78. The molecule has 0 heterocycles. The molecule has 0 spiro atoms. The van der Waals surface area contributed by atoms with Crippen molar-refractivity contribution in [1.29, 1.82) is 0 Å². The molecular weight excluding hydrogens is 212 g/mol. The van der Waals surface area contributed by atoms with Crippen LogP contribution in [0.1, 0.15) is 54.4 Å². The Bertz CT molecular complexity index is 217. The van der Waals surface area contributed by atoms with Crippen LogP contribution in [0.3, 0.4) is 0 Å². The Kier molecular flexibility index (Phi) is 7.44. The van der Waals surface area contributed by atoms with E-state index in [0.717, 1.165) is 19.4 Å². The van der Waals surface area contributed by atoms with Gasteiger partial charge in [-0.25, -0.2) is 0 Å². The molecule has 0 rings (SSSR count). The van der Waals surface area contributed by atoms with Gasteiger partial charge in [-0.2, -0.15) is 0 Å². The summed E-state index contributed by atoms with van der Waals surface area (Å²) in [4.78, 5) is 11.6. The van der Waals surface area contributed by atoms with Crippen LogP contribution >= 0.6 is 0 Å². The van der Waals surface area contributed by atoms with Gasteiger partial charge < -0.3 is 10.6 Å². The van der Waals surface area contributed by atoms with Gasteiger partial charge in [0.2, 0.25) is 5.91 Å². The lowest BCUT2D eigenvalue weighted by Crippen LogP contribution is -2.41. The fraction of sp³-hybridized carbons (Fsp3) is 0.929. The topological polar surface area (TPSA) is 41.1 Å². The molecule has 0 saturated carbocycles. The molecule has 0 radical (unpaired) electrons. The first kappa shape index (κ1) is 16.4. The maximum atomic E-state index is 11.6.